The quantitative estimate of drug-likeness (QED) is 0.458. The first-order chi connectivity index (χ1) is 9.06. The third kappa shape index (κ3) is 3.51. The number of piperazine rings is 1. The van der Waals surface area contributed by atoms with Gasteiger partial charge < -0.3 is 9.80 Å². The normalized spacial score (nSPS) is 16.4. The molecule has 0 N–H and O–H groups in total. The second-order valence-corrected chi connectivity index (χ2v) is 4.75. The molecule has 0 radical (unpaired) electrons. The van der Waals surface area contributed by atoms with Crippen molar-refractivity contribution in [2.75, 3.05) is 44.7 Å². The molecule has 19 heavy (non-hydrogen) atoms. The van der Waals surface area contributed by atoms with E-state index in [1.807, 2.05) is 6.07 Å². The average Bonchev–Trinajstić information content (AvgIpc) is 2.39. The zero-order chi connectivity index (χ0) is 13.8. The van der Waals surface area contributed by atoms with Crippen LogP contribution in [0.15, 0.2) is 24.3 Å². The topological polar surface area (TPSA) is 66.7 Å². The van der Waals surface area contributed by atoms with Crippen LogP contribution in [0, 0.1) is 10.1 Å². The van der Waals surface area contributed by atoms with Crippen molar-refractivity contribution in [2.24, 2.45) is 0 Å². The van der Waals surface area contributed by atoms with Crippen LogP contribution in [-0.4, -0.2) is 55.4 Å². The number of nitrogens with zero attached hydrogens (tertiary/aromatic N) is 3. The third-order valence-corrected chi connectivity index (χ3v) is 3.31. The molecule has 0 bridgehead atoms. The maximum absolute atomic E-state index is 11.7. The molecular weight excluding hydrogens is 246 g/mol. The number of Topliss-reactive ketones (excluding diaryl/α,β-unsaturated/α-hetero) is 1. The van der Waals surface area contributed by atoms with Crippen molar-refractivity contribution in [2.45, 2.75) is 0 Å². The molecule has 1 aromatic carbocycles. The van der Waals surface area contributed by atoms with Gasteiger partial charge in [-0.25, -0.2) is 0 Å². The fourth-order valence-electron chi connectivity index (χ4n) is 2.15. The summed E-state index contributed by atoms with van der Waals surface area (Å²) in [7, 11) is 2.08. The fraction of sp³-hybridized carbons (Fsp3) is 0.462. The number of anilines is 1. The lowest BCUT2D eigenvalue weighted by molar-refractivity contribution is -0.465. The van der Waals surface area contributed by atoms with E-state index in [2.05, 4.69) is 16.8 Å². The van der Waals surface area contributed by atoms with Crippen molar-refractivity contribution < 1.29 is 9.72 Å². The second-order valence-electron chi connectivity index (χ2n) is 4.75. The van der Waals surface area contributed by atoms with Gasteiger partial charge >= 0.3 is 0 Å². The van der Waals surface area contributed by atoms with Crippen molar-refractivity contribution in [3.05, 3.63) is 39.9 Å². The minimum absolute atomic E-state index is 0.410. The molecule has 6 heteroatoms. The predicted octanol–water partition coefficient (Wildman–Crippen LogP) is 0.898. The molecule has 102 valence electrons. The van der Waals surface area contributed by atoms with E-state index in [1.165, 1.54) is 0 Å². The Morgan fingerprint density at radius 2 is 2.00 bits per heavy atom. The molecule has 1 aliphatic rings. The van der Waals surface area contributed by atoms with Gasteiger partial charge in [-0.2, -0.15) is 0 Å². The first-order valence-corrected chi connectivity index (χ1v) is 6.25. The van der Waals surface area contributed by atoms with Gasteiger partial charge in [0.2, 0.25) is 5.78 Å². The largest absolute Gasteiger partial charge is 0.369 e. The number of nitro groups is 1. The first-order valence-electron chi connectivity index (χ1n) is 6.25. The van der Waals surface area contributed by atoms with Gasteiger partial charge in [-0.1, -0.05) is 12.1 Å². The molecule has 6 nitrogen and oxygen atoms in total. The van der Waals surface area contributed by atoms with Crippen LogP contribution in [0.2, 0.25) is 0 Å². The van der Waals surface area contributed by atoms with Crippen molar-refractivity contribution >= 4 is 11.5 Å². The molecule has 0 aliphatic carbocycles. The Morgan fingerprint density at radius 3 is 2.63 bits per heavy atom. The van der Waals surface area contributed by atoms with Crippen molar-refractivity contribution in [1.29, 1.82) is 0 Å². The van der Waals surface area contributed by atoms with Gasteiger partial charge in [-0.15, -0.1) is 0 Å². The smallest absolute Gasteiger partial charge is 0.265 e. The maximum atomic E-state index is 11.7. The molecule has 0 atom stereocenters. The Labute approximate surface area is 111 Å². The Kier molecular flexibility index (Phi) is 4.11. The fourth-order valence-corrected chi connectivity index (χ4v) is 2.15. The summed E-state index contributed by atoms with van der Waals surface area (Å²) in [5.74, 6) is -0.444. The average molecular weight is 263 g/mol. The van der Waals surface area contributed by atoms with Crippen LogP contribution in [0.25, 0.3) is 0 Å². The zero-order valence-electron chi connectivity index (χ0n) is 10.9. The van der Waals surface area contributed by atoms with Crippen LogP contribution < -0.4 is 4.90 Å². The van der Waals surface area contributed by atoms with E-state index in [0.717, 1.165) is 31.9 Å². The monoisotopic (exact) mass is 263 g/mol. The standard InChI is InChI=1S/C13H17N3O3/c1-14-5-7-15(8-6-14)12-4-2-3-11(9-12)13(17)10-16(18)19/h2-4,9H,5-8,10H2,1H3. The Bertz CT molecular complexity index is 482. The molecule has 1 heterocycles. The number of benzene rings is 1. The van der Waals surface area contributed by atoms with Crippen molar-refractivity contribution in [1.82, 2.24) is 4.90 Å². The van der Waals surface area contributed by atoms with Gasteiger partial charge in [0.1, 0.15) is 0 Å². The number of ketones is 1. The van der Waals surface area contributed by atoms with E-state index in [0.29, 0.717) is 5.56 Å². The molecule has 0 aromatic heterocycles. The minimum Gasteiger partial charge on any atom is -0.369 e. The van der Waals surface area contributed by atoms with Crippen LogP contribution in [-0.2, 0) is 0 Å². The van der Waals surface area contributed by atoms with Gasteiger partial charge in [-0.05, 0) is 19.2 Å². The second kappa shape index (κ2) is 5.79. The van der Waals surface area contributed by atoms with E-state index < -0.39 is 17.3 Å². The van der Waals surface area contributed by atoms with Gasteiger partial charge in [0.05, 0.1) is 0 Å². The zero-order valence-corrected chi connectivity index (χ0v) is 10.9. The summed E-state index contributed by atoms with van der Waals surface area (Å²) < 4.78 is 0. The van der Waals surface area contributed by atoms with Gasteiger partial charge in [0.25, 0.3) is 6.54 Å². The molecule has 1 aliphatic heterocycles. The van der Waals surface area contributed by atoms with Crippen LogP contribution >= 0.6 is 0 Å². The first kappa shape index (κ1) is 13.5. The molecule has 1 aromatic rings. The van der Waals surface area contributed by atoms with Gasteiger partial charge in [0.15, 0.2) is 0 Å². The number of carbonyl (C=O) groups is 1. The highest BCUT2D eigenvalue weighted by Gasteiger charge is 2.17. The summed E-state index contributed by atoms with van der Waals surface area (Å²) >= 11 is 0. The summed E-state index contributed by atoms with van der Waals surface area (Å²) in [4.78, 5) is 25.9. The molecule has 2 rings (SSSR count). The lowest BCUT2D eigenvalue weighted by Gasteiger charge is -2.34. The highest BCUT2D eigenvalue weighted by Crippen LogP contribution is 2.18. The molecule has 0 spiro atoms. The number of likely N-dealkylation sites (N-methyl/N-ethyl adjacent to an activating group) is 1. The van der Waals surface area contributed by atoms with Crippen molar-refractivity contribution in [3.63, 3.8) is 0 Å². The molecule has 0 amide bonds. The summed E-state index contributed by atoms with van der Waals surface area (Å²) in [5, 5.41) is 10.4. The molecule has 0 unspecified atom stereocenters. The van der Waals surface area contributed by atoms with E-state index in [9.17, 15) is 14.9 Å². The maximum Gasteiger partial charge on any atom is 0.265 e. The van der Waals surface area contributed by atoms with E-state index in [4.69, 9.17) is 0 Å². The van der Waals surface area contributed by atoms with Crippen LogP contribution in [0.1, 0.15) is 10.4 Å². The summed E-state index contributed by atoms with van der Waals surface area (Å²) in [6, 6.07) is 7.09. The molecule has 0 saturated carbocycles. The molecule has 1 fully saturated rings. The van der Waals surface area contributed by atoms with Crippen LogP contribution in [0.5, 0.6) is 0 Å². The number of hydrogen-bond acceptors (Lipinski definition) is 5. The predicted molar refractivity (Wildman–Crippen MR) is 72.3 cm³/mol. The number of rotatable bonds is 4. The van der Waals surface area contributed by atoms with Gasteiger partial charge in [-0.3, -0.25) is 14.9 Å². The van der Waals surface area contributed by atoms with Crippen molar-refractivity contribution in [3.8, 4) is 0 Å². The van der Waals surface area contributed by atoms with E-state index >= 15 is 0 Å². The van der Waals surface area contributed by atoms with E-state index in [-0.39, 0.29) is 0 Å². The minimum atomic E-state index is -0.647. The lowest BCUT2D eigenvalue weighted by Crippen LogP contribution is -2.44. The Hall–Kier alpha value is -1.95. The van der Waals surface area contributed by atoms with E-state index in [1.54, 1.807) is 18.2 Å². The third-order valence-electron chi connectivity index (χ3n) is 3.31. The summed E-state index contributed by atoms with van der Waals surface area (Å²) in [5.41, 5.74) is 1.37. The van der Waals surface area contributed by atoms with Gasteiger partial charge in [0, 0.05) is 42.4 Å². The highest BCUT2D eigenvalue weighted by atomic mass is 16.6. The lowest BCUT2D eigenvalue weighted by atomic mass is 10.1. The van der Waals surface area contributed by atoms with Crippen LogP contribution in [0.4, 0.5) is 5.69 Å². The highest BCUT2D eigenvalue weighted by molar-refractivity contribution is 5.97. The Morgan fingerprint density at radius 1 is 1.32 bits per heavy atom. The Balaban J connectivity index is 2.10. The number of hydrogen-bond donors (Lipinski definition) is 0. The molecular formula is C13H17N3O3. The SMILES string of the molecule is CN1CCN(c2cccc(C(=O)C[N+](=O)[O-])c2)CC1. The number of carbonyl (C=O) groups excluding carboxylic acids is 1. The van der Waals surface area contributed by atoms with Crippen LogP contribution in [0.3, 0.4) is 0 Å². The summed E-state index contributed by atoms with van der Waals surface area (Å²) in [6.45, 7) is 3.12. The molecule has 1 saturated heterocycles. The summed E-state index contributed by atoms with van der Waals surface area (Å²) in [6.07, 6.45) is 0.